The van der Waals surface area contributed by atoms with Crippen LogP contribution in [0.2, 0.25) is 5.82 Å². The molecule has 2 aromatic carbocycles. The fraction of sp³-hybridized carbons (Fsp3) is 0.478. The molecule has 1 fully saturated rings. The van der Waals surface area contributed by atoms with Crippen molar-refractivity contribution in [3.05, 3.63) is 65.2 Å². The van der Waals surface area contributed by atoms with E-state index in [0.717, 1.165) is 18.6 Å². The molecule has 1 heterocycles. The van der Waals surface area contributed by atoms with Crippen LogP contribution in [0, 0.1) is 0 Å². The summed E-state index contributed by atoms with van der Waals surface area (Å²) in [6.45, 7) is 8.52. The fourth-order valence-corrected chi connectivity index (χ4v) is 4.38. The molecule has 0 bridgehead atoms. The molecule has 1 saturated heterocycles. The highest BCUT2D eigenvalue weighted by Crippen LogP contribution is 2.50. The zero-order chi connectivity index (χ0) is 19.2. The molecule has 3 nitrogen and oxygen atoms in total. The first-order valence-electron chi connectivity index (χ1n) is 9.90. The lowest BCUT2D eigenvalue weighted by Gasteiger charge is -2.35. The first kappa shape index (κ1) is 18.6. The minimum Gasteiger partial charge on any atom is -0.497 e. The SMILES string of the molecule is COc1ccc([C@H]2c3ccccc3CC[C@@H]2B2OC(C)(C)C(C)(C)O2)cc1. The van der Waals surface area contributed by atoms with Crippen molar-refractivity contribution in [3.8, 4) is 5.75 Å². The van der Waals surface area contributed by atoms with Crippen molar-refractivity contribution in [3.63, 3.8) is 0 Å². The minimum absolute atomic E-state index is 0.199. The number of benzene rings is 2. The van der Waals surface area contributed by atoms with E-state index in [9.17, 15) is 0 Å². The number of hydrogen-bond acceptors (Lipinski definition) is 3. The summed E-state index contributed by atoms with van der Waals surface area (Å²) in [6.07, 6.45) is 2.13. The average molecular weight is 364 g/mol. The molecule has 0 aromatic heterocycles. The largest absolute Gasteiger partial charge is 0.497 e. The molecule has 4 heteroatoms. The Labute approximate surface area is 163 Å². The lowest BCUT2D eigenvalue weighted by atomic mass is 9.56. The predicted octanol–water partition coefficient (Wildman–Crippen LogP) is 5.24. The molecule has 0 saturated carbocycles. The van der Waals surface area contributed by atoms with E-state index in [2.05, 4.69) is 64.1 Å². The summed E-state index contributed by atoms with van der Waals surface area (Å²) in [5.74, 6) is 1.43. The molecule has 0 radical (unpaired) electrons. The molecule has 142 valence electrons. The lowest BCUT2D eigenvalue weighted by Crippen LogP contribution is -2.41. The van der Waals surface area contributed by atoms with E-state index in [1.165, 1.54) is 16.7 Å². The van der Waals surface area contributed by atoms with Crippen molar-refractivity contribution in [1.29, 1.82) is 0 Å². The number of aryl methyl sites for hydroxylation is 1. The van der Waals surface area contributed by atoms with Crippen LogP contribution in [0.15, 0.2) is 48.5 Å². The summed E-state index contributed by atoms with van der Waals surface area (Å²) in [7, 11) is 1.51. The van der Waals surface area contributed by atoms with Gasteiger partial charge in [0.1, 0.15) is 5.75 Å². The lowest BCUT2D eigenvalue weighted by molar-refractivity contribution is 0.00578. The molecule has 0 N–H and O–H groups in total. The topological polar surface area (TPSA) is 27.7 Å². The van der Waals surface area contributed by atoms with Crippen molar-refractivity contribution in [2.75, 3.05) is 7.11 Å². The Hall–Kier alpha value is -1.78. The van der Waals surface area contributed by atoms with Gasteiger partial charge in [-0.1, -0.05) is 36.4 Å². The number of fused-ring (bicyclic) bond motifs is 1. The maximum atomic E-state index is 6.47. The number of hydrogen-bond donors (Lipinski definition) is 0. The summed E-state index contributed by atoms with van der Waals surface area (Å²) in [6, 6.07) is 17.3. The van der Waals surface area contributed by atoms with Crippen molar-refractivity contribution in [1.82, 2.24) is 0 Å². The van der Waals surface area contributed by atoms with Crippen LogP contribution in [-0.4, -0.2) is 25.4 Å². The highest BCUT2D eigenvalue weighted by molar-refractivity contribution is 6.48. The predicted molar refractivity (Wildman–Crippen MR) is 109 cm³/mol. The number of methoxy groups -OCH3 is 1. The molecule has 0 unspecified atom stereocenters. The van der Waals surface area contributed by atoms with Crippen LogP contribution >= 0.6 is 0 Å². The maximum absolute atomic E-state index is 6.47. The molecule has 0 amide bonds. The highest BCUT2D eigenvalue weighted by atomic mass is 16.7. The number of ether oxygens (including phenoxy) is 1. The summed E-state index contributed by atoms with van der Waals surface area (Å²) in [5.41, 5.74) is 3.51. The minimum atomic E-state index is -0.306. The third-order valence-corrected chi connectivity index (χ3v) is 6.66. The first-order chi connectivity index (χ1) is 12.8. The summed E-state index contributed by atoms with van der Waals surface area (Å²) in [4.78, 5) is 0. The fourth-order valence-electron chi connectivity index (χ4n) is 4.38. The Morgan fingerprint density at radius 2 is 1.56 bits per heavy atom. The van der Waals surface area contributed by atoms with Gasteiger partial charge in [0.05, 0.1) is 18.3 Å². The molecule has 27 heavy (non-hydrogen) atoms. The van der Waals surface area contributed by atoms with Crippen molar-refractivity contribution in [2.45, 2.75) is 63.5 Å². The van der Waals surface area contributed by atoms with Crippen LogP contribution < -0.4 is 4.74 Å². The Kier molecular flexibility index (Phi) is 4.60. The maximum Gasteiger partial charge on any atom is 0.462 e. The van der Waals surface area contributed by atoms with Gasteiger partial charge in [-0.25, -0.2) is 0 Å². The standard InChI is InChI=1S/C23H29BO3/c1-22(2)23(3,4)27-24(26-22)20-15-12-16-8-6-7-9-19(16)21(20)17-10-13-18(25-5)14-11-17/h6-11,13-14,20-21H,12,15H2,1-5H3/t20-,21-/m0/s1. The van der Waals surface area contributed by atoms with Gasteiger partial charge in [-0.2, -0.15) is 0 Å². The van der Waals surface area contributed by atoms with E-state index in [1.807, 2.05) is 12.1 Å². The van der Waals surface area contributed by atoms with Crippen LogP contribution in [-0.2, 0) is 15.7 Å². The molecular formula is C23H29BO3. The first-order valence-corrected chi connectivity index (χ1v) is 9.90. The number of rotatable bonds is 3. The Morgan fingerprint density at radius 3 is 2.19 bits per heavy atom. The van der Waals surface area contributed by atoms with Crippen LogP contribution in [0.25, 0.3) is 0 Å². The van der Waals surface area contributed by atoms with E-state index in [-0.39, 0.29) is 30.1 Å². The quantitative estimate of drug-likeness (QED) is 0.698. The molecule has 2 aliphatic rings. The second kappa shape index (κ2) is 6.68. The van der Waals surface area contributed by atoms with Crippen LogP contribution in [0.1, 0.15) is 56.7 Å². The van der Waals surface area contributed by atoms with Crippen LogP contribution in [0.5, 0.6) is 5.75 Å². The molecule has 1 aliphatic carbocycles. The van der Waals surface area contributed by atoms with Crippen molar-refractivity contribution < 1.29 is 14.0 Å². The Morgan fingerprint density at radius 1 is 0.926 bits per heavy atom. The van der Waals surface area contributed by atoms with Crippen LogP contribution in [0.3, 0.4) is 0 Å². The normalized spacial score (nSPS) is 25.9. The second-order valence-electron chi connectivity index (χ2n) is 8.78. The van der Waals surface area contributed by atoms with Gasteiger partial charge < -0.3 is 14.0 Å². The highest BCUT2D eigenvalue weighted by Gasteiger charge is 2.55. The monoisotopic (exact) mass is 364 g/mol. The van der Waals surface area contributed by atoms with Gasteiger partial charge in [-0.3, -0.25) is 0 Å². The van der Waals surface area contributed by atoms with Crippen LogP contribution in [0.4, 0.5) is 0 Å². The van der Waals surface area contributed by atoms with Gasteiger partial charge in [0.25, 0.3) is 0 Å². The Bertz CT molecular complexity index is 797. The van der Waals surface area contributed by atoms with Crippen molar-refractivity contribution in [2.24, 2.45) is 0 Å². The summed E-state index contributed by atoms with van der Waals surface area (Å²) < 4.78 is 18.3. The zero-order valence-electron chi connectivity index (χ0n) is 17.0. The third kappa shape index (κ3) is 3.19. The molecule has 2 atom stereocenters. The molecule has 2 aromatic rings. The van der Waals surface area contributed by atoms with Gasteiger partial charge in [-0.05, 0) is 69.4 Å². The molecule has 4 rings (SSSR count). The summed E-state index contributed by atoms with van der Waals surface area (Å²) >= 11 is 0. The molecule has 1 aliphatic heterocycles. The van der Waals surface area contributed by atoms with Gasteiger partial charge in [0.15, 0.2) is 0 Å². The Balaban J connectivity index is 1.74. The van der Waals surface area contributed by atoms with Gasteiger partial charge in [0.2, 0.25) is 0 Å². The van der Waals surface area contributed by atoms with Gasteiger partial charge >= 0.3 is 7.12 Å². The zero-order valence-corrected chi connectivity index (χ0v) is 17.0. The van der Waals surface area contributed by atoms with E-state index in [0.29, 0.717) is 0 Å². The average Bonchev–Trinajstić information content (AvgIpc) is 2.88. The van der Waals surface area contributed by atoms with Gasteiger partial charge in [-0.15, -0.1) is 0 Å². The van der Waals surface area contributed by atoms with E-state index in [4.69, 9.17) is 14.0 Å². The smallest absolute Gasteiger partial charge is 0.462 e. The van der Waals surface area contributed by atoms with E-state index in [1.54, 1.807) is 7.11 Å². The van der Waals surface area contributed by atoms with Gasteiger partial charge in [0, 0.05) is 11.7 Å². The second-order valence-corrected chi connectivity index (χ2v) is 8.78. The molecule has 0 spiro atoms. The summed E-state index contributed by atoms with van der Waals surface area (Å²) in [5, 5.41) is 0. The van der Waals surface area contributed by atoms with E-state index >= 15 is 0 Å². The third-order valence-electron chi connectivity index (χ3n) is 6.66. The van der Waals surface area contributed by atoms with Crippen molar-refractivity contribution >= 4 is 7.12 Å². The molecular weight excluding hydrogens is 335 g/mol. The van der Waals surface area contributed by atoms with E-state index < -0.39 is 0 Å².